The quantitative estimate of drug-likeness (QED) is 0.342. The van der Waals surface area contributed by atoms with Gasteiger partial charge in [-0.3, -0.25) is 4.79 Å². The molecular formula is C23H18FNO2. The summed E-state index contributed by atoms with van der Waals surface area (Å²) in [5.74, 6) is 0.203. The molecule has 1 heterocycles. The fraction of sp³-hybridized carbons (Fsp3) is 0.130. The van der Waals surface area contributed by atoms with Crippen molar-refractivity contribution in [2.24, 2.45) is 0 Å². The Bertz CT molecular complexity index is 1170. The van der Waals surface area contributed by atoms with Crippen LogP contribution in [-0.4, -0.2) is 17.9 Å². The van der Waals surface area contributed by atoms with Crippen molar-refractivity contribution in [1.29, 1.82) is 0 Å². The number of benzene rings is 3. The molecule has 0 fully saturated rings. The van der Waals surface area contributed by atoms with Gasteiger partial charge < -0.3 is 4.74 Å². The summed E-state index contributed by atoms with van der Waals surface area (Å²) >= 11 is 0. The first-order valence-electron chi connectivity index (χ1n) is 8.82. The van der Waals surface area contributed by atoms with E-state index in [1.165, 1.54) is 6.07 Å². The predicted octanol–water partition coefficient (Wildman–Crippen LogP) is 5.80. The van der Waals surface area contributed by atoms with Crippen molar-refractivity contribution in [3.63, 3.8) is 0 Å². The number of aromatic nitrogens is 1. The van der Waals surface area contributed by atoms with Crippen LogP contribution >= 0.6 is 0 Å². The van der Waals surface area contributed by atoms with Crippen LogP contribution in [0.5, 0.6) is 5.75 Å². The molecule has 0 saturated heterocycles. The summed E-state index contributed by atoms with van der Waals surface area (Å²) in [5, 5.41) is 1.37. The number of hydrogen-bond acceptors (Lipinski definition) is 3. The molecule has 0 N–H and O–H groups in total. The summed E-state index contributed by atoms with van der Waals surface area (Å²) in [7, 11) is 1.60. The molecule has 134 valence electrons. The molecule has 0 radical (unpaired) electrons. The Morgan fingerprint density at radius 1 is 1.07 bits per heavy atom. The molecule has 0 unspecified atom stereocenters. The van der Waals surface area contributed by atoms with E-state index >= 15 is 0 Å². The van der Waals surface area contributed by atoms with Gasteiger partial charge in [-0.2, -0.15) is 0 Å². The SMILES string of the molecule is CCC(=O)c1ccc(F)c2nc3ccc(OC)cc3c(-c3ccccc3)c12. The number of ether oxygens (including phenoxy) is 1. The second-order valence-corrected chi connectivity index (χ2v) is 6.33. The number of ketones is 1. The van der Waals surface area contributed by atoms with Crippen molar-refractivity contribution in [3.8, 4) is 16.9 Å². The summed E-state index contributed by atoms with van der Waals surface area (Å²) in [6, 6.07) is 18.1. The standard InChI is InChI=1S/C23H18FNO2/c1-3-20(26)16-10-11-18(24)23-22(16)21(14-7-5-4-6-8-14)17-13-15(27-2)9-12-19(17)25-23/h4-13H,3H2,1-2H3. The Morgan fingerprint density at radius 3 is 2.56 bits per heavy atom. The second-order valence-electron chi connectivity index (χ2n) is 6.33. The Kier molecular flexibility index (Phi) is 4.32. The number of carbonyl (C=O) groups excluding carboxylic acids is 1. The summed E-state index contributed by atoms with van der Waals surface area (Å²) in [4.78, 5) is 17.1. The lowest BCUT2D eigenvalue weighted by Crippen LogP contribution is -2.02. The van der Waals surface area contributed by atoms with Gasteiger partial charge in [0.05, 0.1) is 12.6 Å². The number of halogens is 1. The van der Waals surface area contributed by atoms with Crippen LogP contribution in [0.25, 0.3) is 32.9 Å². The van der Waals surface area contributed by atoms with E-state index in [9.17, 15) is 9.18 Å². The van der Waals surface area contributed by atoms with Crippen molar-refractivity contribution >= 4 is 27.6 Å². The lowest BCUT2D eigenvalue weighted by atomic mass is 9.91. The molecule has 1 aromatic heterocycles. The first-order chi connectivity index (χ1) is 13.1. The van der Waals surface area contributed by atoms with Gasteiger partial charge >= 0.3 is 0 Å². The minimum atomic E-state index is -0.437. The van der Waals surface area contributed by atoms with Gasteiger partial charge in [-0.1, -0.05) is 37.3 Å². The highest BCUT2D eigenvalue weighted by Gasteiger charge is 2.20. The third-order valence-corrected chi connectivity index (χ3v) is 4.77. The summed E-state index contributed by atoms with van der Waals surface area (Å²) in [5.41, 5.74) is 3.06. The van der Waals surface area contributed by atoms with Crippen molar-refractivity contribution in [1.82, 2.24) is 4.98 Å². The molecule has 0 atom stereocenters. The highest BCUT2D eigenvalue weighted by molar-refractivity contribution is 6.18. The van der Waals surface area contributed by atoms with Crippen LogP contribution in [0.1, 0.15) is 23.7 Å². The average molecular weight is 359 g/mol. The molecule has 0 aliphatic carbocycles. The van der Waals surface area contributed by atoms with Crippen molar-refractivity contribution in [3.05, 3.63) is 72.0 Å². The lowest BCUT2D eigenvalue weighted by molar-refractivity contribution is 0.0989. The molecule has 27 heavy (non-hydrogen) atoms. The normalized spacial score (nSPS) is 11.1. The number of rotatable bonds is 4. The predicted molar refractivity (Wildman–Crippen MR) is 106 cm³/mol. The number of methoxy groups -OCH3 is 1. The maximum atomic E-state index is 14.7. The Balaban J connectivity index is 2.27. The van der Waals surface area contributed by atoms with Gasteiger partial charge in [-0.15, -0.1) is 0 Å². The first kappa shape index (κ1) is 17.2. The minimum absolute atomic E-state index is 0.0405. The number of Topliss-reactive ketones (excluding diaryl/α,β-unsaturated/α-hetero) is 1. The second kappa shape index (κ2) is 6.80. The van der Waals surface area contributed by atoms with E-state index < -0.39 is 5.82 Å². The molecule has 3 nitrogen and oxygen atoms in total. The molecule has 0 spiro atoms. The first-order valence-corrected chi connectivity index (χ1v) is 8.82. The van der Waals surface area contributed by atoms with Crippen LogP contribution in [0.3, 0.4) is 0 Å². The third kappa shape index (κ3) is 2.83. The van der Waals surface area contributed by atoms with E-state index in [-0.39, 0.29) is 11.3 Å². The average Bonchev–Trinajstić information content (AvgIpc) is 2.72. The highest BCUT2D eigenvalue weighted by Crippen LogP contribution is 2.39. The van der Waals surface area contributed by atoms with Gasteiger partial charge in [-0.25, -0.2) is 9.37 Å². The zero-order chi connectivity index (χ0) is 19.0. The highest BCUT2D eigenvalue weighted by atomic mass is 19.1. The summed E-state index contributed by atoms with van der Waals surface area (Å²) in [6.07, 6.45) is 0.338. The van der Waals surface area contributed by atoms with Gasteiger partial charge in [-0.05, 0) is 35.9 Å². The maximum absolute atomic E-state index is 14.7. The monoisotopic (exact) mass is 359 g/mol. The molecule has 4 heteroatoms. The fourth-order valence-electron chi connectivity index (χ4n) is 3.45. The number of hydrogen-bond donors (Lipinski definition) is 0. The molecule has 4 aromatic rings. The van der Waals surface area contributed by atoms with E-state index in [1.807, 2.05) is 42.5 Å². The van der Waals surface area contributed by atoms with Crippen LogP contribution in [0.4, 0.5) is 4.39 Å². The van der Waals surface area contributed by atoms with Crippen LogP contribution in [-0.2, 0) is 0 Å². The van der Waals surface area contributed by atoms with Crippen molar-refractivity contribution in [2.45, 2.75) is 13.3 Å². The van der Waals surface area contributed by atoms with Crippen LogP contribution in [0.15, 0.2) is 60.7 Å². The number of carbonyl (C=O) groups is 1. The van der Waals surface area contributed by atoms with Crippen LogP contribution in [0.2, 0.25) is 0 Å². The molecule has 0 bridgehead atoms. The zero-order valence-electron chi connectivity index (χ0n) is 15.1. The summed E-state index contributed by atoms with van der Waals surface area (Å²) in [6.45, 7) is 1.80. The summed E-state index contributed by atoms with van der Waals surface area (Å²) < 4.78 is 20.1. The molecule has 0 aliphatic heterocycles. The topological polar surface area (TPSA) is 39.2 Å². The van der Waals surface area contributed by atoms with Gasteiger partial charge in [0.25, 0.3) is 0 Å². The number of pyridine rings is 1. The van der Waals surface area contributed by atoms with Crippen LogP contribution in [0, 0.1) is 5.82 Å². The maximum Gasteiger partial charge on any atom is 0.163 e. The number of nitrogens with zero attached hydrogens (tertiary/aromatic N) is 1. The lowest BCUT2D eigenvalue weighted by Gasteiger charge is -2.15. The molecule has 0 aliphatic rings. The number of fused-ring (bicyclic) bond motifs is 2. The Labute approximate surface area is 156 Å². The fourth-order valence-corrected chi connectivity index (χ4v) is 3.45. The molecule has 4 rings (SSSR count). The van der Waals surface area contributed by atoms with Crippen molar-refractivity contribution < 1.29 is 13.9 Å². The van der Waals surface area contributed by atoms with E-state index in [0.717, 1.165) is 16.5 Å². The van der Waals surface area contributed by atoms with Crippen LogP contribution < -0.4 is 4.74 Å². The van der Waals surface area contributed by atoms with E-state index in [0.29, 0.717) is 28.6 Å². The van der Waals surface area contributed by atoms with E-state index in [2.05, 4.69) is 4.98 Å². The van der Waals surface area contributed by atoms with Gasteiger partial charge in [0.2, 0.25) is 0 Å². The molecule has 0 amide bonds. The largest absolute Gasteiger partial charge is 0.497 e. The van der Waals surface area contributed by atoms with E-state index in [4.69, 9.17) is 4.74 Å². The van der Waals surface area contributed by atoms with Gasteiger partial charge in [0.15, 0.2) is 5.78 Å². The van der Waals surface area contributed by atoms with Gasteiger partial charge in [0, 0.05) is 28.3 Å². The van der Waals surface area contributed by atoms with E-state index in [1.54, 1.807) is 26.2 Å². The zero-order valence-corrected chi connectivity index (χ0v) is 15.1. The minimum Gasteiger partial charge on any atom is -0.497 e. The Hall–Kier alpha value is -3.27. The molecular weight excluding hydrogens is 341 g/mol. The van der Waals surface area contributed by atoms with Gasteiger partial charge in [0.1, 0.15) is 17.1 Å². The smallest absolute Gasteiger partial charge is 0.163 e. The molecule has 3 aromatic carbocycles. The Morgan fingerprint density at radius 2 is 1.85 bits per heavy atom. The molecule has 0 saturated carbocycles. The third-order valence-electron chi connectivity index (χ3n) is 4.77. The van der Waals surface area contributed by atoms with Crippen molar-refractivity contribution in [2.75, 3.05) is 7.11 Å².